The highest BCUT2D eigenvalue weighted by molar-refractivity contribution is 7.99. The molecule has 1 rings (SSSR count). The topological polar surface area (TPSA) is 49.8 Å². The molecular weight excluding hydrogens is 166 g/mol. The molecule has 5 heteroatoms. The van der Waals surface area contributed by atoms with Crippen LogP contribution >= 0.6 is 11.8 Å². The van der Waals surface area contributed by atoms with Crippen molar-refractivity contribution in [1.82, 2.24) is 4.90 Å². The third-order valence-electron chi connectivity index (χ3n) is 1.63. The summed E-state index contributed by atoms with van der Waals surface area (Å²) in [5.74, 6) is 1.16. The van der Waals surface area contributed by atoms with Crippen molar-refractivity contribution in [3.05, 3.63) is 0 Å². The van der Waals surface area contributed by atoms with E-state index in [2.05, 4.69) is 4.74 Å². The minimum atomic E-state index is -0.260. The van der Waals surface area contributed by atoms with Crippen LogP contribution < -0.4 is 0 Å². The molecule has 0 bridgehead atoms. The lowest BCUT2D eigenvalue weighted by Gasteiger charge is -2.17. The second-order valence-corrected chi connectivity index (χ2v) is 3.27. The number of methoxy groups -OCH3 is 1. The Hall–Kier alpha value is -0.260. The molecule has 1 heterocycles. The summed E-state index contributed by atoms with van der Waals surface area (Å²) in [6.45, 7) is -0.0766. The molecule has 0 aromatic rings. The summed E-state index contributed by atoms with van der Waals surface area (Å²) >= 11 is 1.62. The van der Waals surface area contributed by atoms with Crippen LogP contribution in [0.4, 0.5) is 0 Å². The quantitative estimate of drug-likeness (QED) is 0.575. The van der Waals surface area contributed by atoms with E-state index in [1.807, 2.05) is 0 Å². The zero-order valence-corrected chi connectivity index (χ0v) is 7.13. The van der Waals surface area contributed by atoms with Gasteiger partial charge in [-0.3, -0.25) is 9.69 Å². The van der Waals surface area contributed by atoms with Gasteiger partial charge in [0.15, 0.2) is 0 Å². The molecule has 11 heavy (non-hydrogen) atoms. The first-order valence-corrected chi connectivity index (χ1v) is 4.45. The fourth-order valence-corrected chi connectivity index (χ4v) is 2.14. The lowest BCUT2D eigenvalue weighted by Crippen LogP contribution is -2.38. The number of hydrogen-bond acceptors (Lipinski definition) is 5. The Labute approximate surface area is 69.5 Å². The van der Waals surface area contributed by atoms with E-state index in [0.717, 1.165) is 0 Å². The average molecular weight is 177 g/mol. The van der Waals surface area contributed by atoms with Gasteiger partial charge >= 0.3 is 5.97 Å². The summed E-state index contributed by atoms with van der Waals surface area (Å²) in [5.41, 5.74) is 0. The average Bonchev–Trinajstić information content (AvgIpc) is 2.50. The maximum absolute atomic E-state index is 11.0. The summed E-state index contributed by atoms with van der Waals surface area (Å²) < 4.78 is 4.56. The predicted molar refractivity (Wildman–Crippen MR) is 42.1 cm³/mol. The number of carbonyl (C=O) groups is 1. The minimum absolute atomic E-state index is 0.0766. The van der Waals surface area contributed by atoms with Crippen molar-refractivity contribution < 1.29 is 14.6 Å². The number of esters is 1. The van der Waals surface area contributed by atoms with E-state index < -0.39 is 0 Å². The summed E-state index contributed by atoms with van der Waals surface area (Å²) in [7, 11) is 1.36. The van der Waals surface area contributed by atoms with Crippen LogP contribution in [-0.2, 0) is 9.53 Å². The van der Waals surface area contributed by atoms with Gasteiger partial charge in [-0.2, -0.15) is 0 Å². The summed E-state index contributed by atoms with van der Waals surface area (Å²) in [4.78, 5) is 12.7. The van der Waals surface area contributed by atoms with E-state index in [4.69, 9.17) is 5.11 Å². The Kier molecular flexibility index (Phi) is 3.16. The van der Waals surface area contributed by atoms with Crippen molar-refractivity contribution >= 4 is 17.7 Å². The van der Waals surface area contributed by atoms with Crippen LogP contribution in [0.15, 0.2) is 0 Å². The van der Waals surface area contributed by atoms with Gasteiger partial charge in [-0.15, -0.1) is 11.8 Å². The zero-order chi connectivity index (χ0) is 8.27. The predicted octanol–water partition coefficient (Wildman–Crippen LogP) is -0.516. The summed E-state index contributed by atoms with van der Waals surface area (Å²) in [6.07, 6.45) is 0. The minimum Gasteiger partial charge on any atom is -0.468 e. The first-order chi connectivity index (χ1) is 5.29. The molecule has 1 fully saturated rings. The van der Waals surface area contributed by atoms with Gasteiger partial charge < -0.3 is 9.84 Å². The van der Waals surface area contributed by atoms with Crippen LogP contribution in [0.5, 0.6) is 0 Å². The molecule has 1 N–H and O–H groups in total. The number of aliphatic hydroxyl groups is 1. The highest BCUT2D eigenvalue weighted by Gasteiger charge is 2.31. The Morgan fingerprint density at radius 2 is 2.64 bits per heavy atom. The van der Waals surface area contributed by atoms with Crippen molar-refractivity contribution in [2.75, 3.05) is 25.5 Å². The molecule has 0 saturated carbocycles. The monoisotopic (exact) mass is 177 g/mol. The van der Waals surface area contributed by atoms with Gasteiger partial charge in [0.25, 0.3) is 0 Å². The van der Waals surface area contributed by atoms with Crippen molar-refractivity contribution in [3.8, 4) is 0 Å². The van der Waals surface area contributed by atoms with Crippen LogP contribution in [-0.4, -0.2) is 47.5 Å². The number of ether oxygens (including phenoxy) is 1. The van der Waals surface area contributed by atoms with Crippen molar-refractivity contribution in [1.29, 1.82) is 0 Å². The van der Waals surface area contributed by atoms with E-state index >= 15 is 0 Å². The summed E-state index contributed by atoms with van der Waals surface area (Å²) in [5, 5.41) is 8.79. The number of carbonyl (C=O) groups excluding carboxylic acids is 1. The Balaban J connectivity index is 2.49. The van der Waals surface area contributed by atoms with Crippen LogP contribution in [0.25, 0.3) is 0 Å². The van der Waals surface area contributed by atoms with Crippen molar-refractivity contribution in [2.24, 2.45) is 0 Å². The zero-order valence-electron chi connectivity index (χ0n) is 6.32. The second kappa shape index (κ2) is 3.94. The van der Waals surface area contributed by atoms with Gasteiger partial charge in [0.2, 0.25) is 0 Å². The maximum atomic E-state index is 11.0. The Morgan fingerprint density at radius 1 is 1.91 bits per heavy atom. The van der Waals surface area contributed by atoms with Gasteiger partial charge in [-0.05, 0) is 0 Å². The van der Waals surface area contributed by atoms with Gasteiger partial charge in [0.05, 0.1) is 13.8 Å². The van der Waals surface area contributed by atoms with Gasteiger partial charge in [0.1, 0.15) is 6.04 Å². The molecule has 0 aromatic heterocycles. The van der Waals surface area contributed by atoms with Gasteiger partial charge in [0, 0.05) is 11.6 Å². The molecule has 1 aliphatic heterocycles. The molecule has 0 spiro atoms. The van der Waals surface area contributed by atoms with Crippen LogP contribution in [0.3, 0.4) is 0 Å². The van der Waals surface area contributed by atoms with Gasteiger partial charge in [-0.25, -0.2) is 0 Å². The first-order valence-electron chi connectivity index (χ1n) is 3.30. The number of aliphatic hydroxyl groups excluding tert-OH is 1. The van der Waals surface area contributed by atoms with E-state index in [9.17, 15) is 4.79 Å². The second-order valence-electron chi connectivity index (χ2n) is 2.27. The Bertz CT molecular complexity index is 153. The highest BCUT2D eigenvalue weighted by atomic mass is 32.2. The van der Waals surface area contributed by atoms with E-state index in [-0.39, 0.29) is 18.7 Å². The molecule has 0 amide bonds. The molecule has 1 unspecified atom stereocenters. The van der Waals surface area contributed by atoms with Gasteiger partial charge in [-0.1, -0.05) is 0 Å². The molecule has 1 saturated heterocycles. The van der Waals surface area contributed by atoms with E-state index in [1.54, 1.807) is 16.7 Å². The molecule has 0 radical (unpaired) electrons. The van der Waals surface area contributed by atoms with E-state index in [0.29, 0.717) is 11.6 Å². The fraction of sp³-hybridized carbons (Fsp3) is 0.833. The lowest BCUT2D eigenvalue weighted by atomic mass is 10.3. The maximum Gasteiger partial charge on any atom is 0.324 e. The van der Waals surface area contributed by atoms with Crippen LogP contribution in [0, 0.1) is 0 Å². The number of nitrogens with zero attached hydrogens (tertiary/aromatic N) is 1. The summed E-state index contributed by atoms with van der Waals surface area (Å²) in [6, 6.07) is -0.255. The van der Waals surface area contributed by atoms with Crippen molar-refractivity contribution in [3.63, 3.8) is 0 Å². The molecular formula is C6H11NO3S. The molecule has 0 aliphatic carbocycles. The largest absolute Gasteiger partial charge is 0.468 e. The number of thioether (sulfide) groups is 1. The molecule has 64 valence electrons. The SMILES string of the molecule is COC(=O)C1CSCN1CO. The van der Waals surface area contributed by atoms with Crippen LogP contribution in [0.1, 0.15) is 0 Å². The number of rotatable bonds is 2. The fourth-order valence-electron chi connectivity index (χ4n) is 0.970. The molecule has 0 aromatic carbocycles. The highest BCUT2D eigenvalue weighted by Crippen LogP contribution is 2.20. The molecule has 4 nitrogen and oxygen atoms in total. The smallest absolute Gasteiger partial charge is 0.324 e. The third kappa shape index (κ3) is 1.85. The normalized spacial score (nSPS) is 25.5. The third-order valence-corrected chi connectivity index (χ3v) is 2.69. The molecule has 1 atom stereocenters. The lowest BCUT2D eigenvalue weighted by molar-refractivity contribution is -0.146. The first kappa shape index (κ1) is 8.83. The molecule has 1 aliphatic rings. The van der Waals surface area contributed by atoms with Crippen molar-refractivity contribution in [2.45, 2.75) is 6.04 Å². The van der Waals surface area contributed by atoms with E-state index in [1.165, 1.54) is 7.11 Å². The Morgan fingerprint density at radius 3 is 3.18 bits per heavy atom. The standard InChI is InChI=1S/C6H11NO3S/c1-10-6(9)5-2-11-4-7(5)3-8/h5,8H,2-4H2,1H3. The van der Waals surface area contributed by atoms with Crippen LogP contribution in [0.2, 0.25) is 0 Å². The number of hydrogen-bond donors (Lipinski definition) is 1.